The Morgan fingerprint density at radius 3 is 1.15 bits per heavy atom. The molecule has 2 aromatic heterocycles. The zero-order valence-electron chi connectivity index (χ0n) is 38.6. The predicted molar refractivity (Wildman–Crippen MR) is 244 cm³/mol. The zero-order valence-corrected chi connectivity index (χ0v) is 38.6. The molecule has 0 bridgehead atoms. The number of esters is 1. The molecule has 4 aromatic carbocycles. The van der Waals surface area contributed by atoms with E-state index in [0.29, 0.717) is 68.1 Å². The van der Waals surface area contributed by atoms with Gasteiger partial charge >= 0.3 is 30.8 Å². The largest absolute Gasteiger partial charge is 1.00 e. The van der Waals surface area contributed by atoms with Crippen molar-refractivity contribution in [1.82, 2.24) is 20.9 Å². The SMILES string of the molecule is COC(=O)CCCCNC(=O)Cc1onc(-c2ccc(OC)cc2)c1-c1ccc(OC)cc1.COc1ccc(-c2noc(CC(=O)NCCCCC(=O)O)c2-c2ccc(OC)cc2)cc1.[Li+].[OH-]. The molecule has 0 saturated heterocycles. The van der Waals surface area contributed by atoms with E-state index in [1.54, 1.807) is 28.4 Å². The third kappa shape index (κ3) is 16.1. The Morgan fingerprint density at radius 2 is 0.836 bits per heavy atom. The number of carboxylic acids is 1. The normalized spacial score (nSPS) is 10.2. The number of amides is 2. The van der Waals surface area contributed by atoms with Crippen molar-refractivity contribution in [2.24, 2.45) is 0 Å². The summed E-state index contributed by atoms with van der Waals surface area (Å²) in [5.74, 6) is 2.34. The van der Waals surface area contributed by atoms with Crippen LogP contribution in [0.15, 0.2) is 106 Å². The number of hydrogen-bond acceptors (Lipinski definition) is 14. The van der Waals surface area contributed by atoms with Gasteiger partial charge in [0.2, 0.25) is 11.8 Å². The molecule has 2 heterocycles. The molecule has 6 rings (SSSR count). The minimum absolute atomic E-state index is 0. The van der Waals surface area contributed by atoms with E-state index in [1.165, 1.54) is 7.11 Å². The van der Waals surface area contributed by atoms with Gasteiger partial charge in [-0.05, 0) is 110 Å². The third-order valence-corrected chi connectivity index (χ3v) is 10.1. The van der Waals surface area contributed by atoms with Crippen LogP contribution in [0.1, 0.15) is 50.0 Å². The summed E-state index contributed by atoms with van der Waals surface area (Å²) in [6, 6.07) is 29.9. The Kier molecular flexibility index (Phi) is 22.7. The summed E-state index contributed by atoms with van der Waals surface area (Å²) in [6.45, 7) is 0.872. The number of aliphatic carboxylic acids is 1. The Morgan fingerprint density at radius 1 is 0.507 bits per heavy atom. The molecule has 350 valence electrons. The molecule has 6 aromatic rings. The third-order valence-electron chi connectivity index (χ3n) is 10.1. The standard InChI is InChI=1S/C25H28N2O6.C24H26N2O6.Li.H2O/c1-30-19-11-7-17(8-12-19)24-21(16-22(28)26-15-5-4-6-23(29)32-3)33-27-25(24)18-9-13-20(31-2)14-10-18;1-30-18-10-6-16(7-11-18)23-20(15-21(27)25-14-4-3-5-22(28)29)32-26-24(23)17-8-12-19(31-2)13-9-17;;/h7-14H,4-6,15-16H2,1-3H3,(H,26,28);6-13H,3-5,14-15H2,1-2H3,(H,25,27)(H,28,29);;1H2/q;;+1;/p-1. The maximum atomic E-state index is 12.6. The van der Waals surface area contributed by atoms with Crippen LogP contribution in [-0.2, 0) is 36.8 Å². The van der Waals surface area contributed by atoms with Crippen molar-refractivity contribution >= 4 is 23.8 Å². The van der Waals surface area contributed by atoms with Gasteiger partial charge in [-0.15, -0.1) is 0 Å². The fourth-order valence-corrected chi connectivity index (χ4v) is 6.66. The number of benzene rings is 4. The molecule has 17 nitrogen and oxygen atoms in total. The molecular formula is C49H55LiN4O13. The van der Waals surface area contributed by atoms with E-state index in [-0.39, 0.29) is 61.4 Å². The number of nitrogens with one attached hydrogen (secondary N) is 2. The minimum atomic E-state index is -0.840. The van der Waals surface area contributed by atoms with Crippen molar-refractivity contribution in [1.29, 1.82) is 0 Å². The maximum Gasteiger partial charge on any atom is 1.00 e. The second-order valence-corrected chi connectivity index (χ2v) is 14.5. The van der Waals surface area contributed by atoms with Crippen molar-refractivity contribution < 1.29 is 81.4 Å². The minimum Gasteiger partial charge on any atom is -0.870 e. The van der Waals surface area contributed by atoms with Crippen LogP contribution in [0.4, 0.5) is 0 Å². The van der Waals surface area contributed by atoms with Gasteiger partial charge in [-0.1, -0.05) is 34.6 Å². The van der Waals surface area contributed by atoms with Crippen molar-refractivity contribution in [2.75, 3.05) is 48.6 Å². The number of carbonyl (C=O) groups excluding carboxylic acids is 3. The molecule has 0 aliphatic heterocycles. The molecule has 0 fully saturated rings. The first-order valence-electron chi connectivity index (χ1n) is 20.9. The van der Waals surface area contributed by atoms with Gasteiger partial charge in [-0.2, -0.15) is 0 Å². The predicted octanol–water partition coefficient (Wildman–Crippen LogP) is 4.79. The second kappa shape index (κ2) is 28.1. The average Bonchev–Trinajstić information content (AvgIpc) is 3.95. The Bertz CT molecular complexity index is 2450. The van der Waals surface area contributed by atoms with Crippen LogP contribution >= 0.6 is 0 Å². The molecular weight excluding hydrogens is 859 g/mol. The number of aromatic nitrogens is 2. The summed E-state index contributed by atoms with van der Waals surface area (Å²) in [4.78, 5) is 46.8. The van der Waals surface area contributed by atoms with Gasteiger partial charge in [0, 0.05) is 37.1 Å². The first-order valence-corrected chi connectivity index (χ1v) is 20.9. The summed E-state index contributed by atoms with van der Waals surface area (Å²) in [6.07, 6.45) is 2.91. The number of ether oxygens (including phenoxy) is 5. The van der Waals surface area contributed by atoms with Gasteiger partial charge in [0.1, 0.15) is 34.4 Å². The summed E-state index contributed by atoms with van der Waals surface area (Å²) in [7, 11) is 7.79. The summed E-state index contributed by atoms with van der Waals surface area (Å²) in [5, 5.41) is 22.9. The average molecular weight is 915 g/mol. The van der Waals surface area contributed by atoms with E-state index in [1.807, 2.05) is 97.1 Å². The molecule has 0 atom stereocenters. The molecule has 0 aliphatic carbocycles. The number of unbranched alkanes of at least 4 members (excludes halogenated alkanes) is 2. The zero-order chi connectivity index (χ0) is 46.6. The van der Waals surface area contributed by atoms with Crippen molar-refractivity contribution in [3.8, 4) is 67.8 Å². The monoisotopic (exact) mass is 914 g/mol. The van der Waals surface area contributed by atoms with Gasteiger partial charge in [0.05, 0.1) is 59.5 Å². The van der Waals surface area contributed by atoms with E-state index in [0.717, 1.165) is 56.4 Å². The molecule has 67 heavy (non-hydrogen) atoms. The van der Waals surface area contributed by atoms with Crippen LogP contribution in [0, 0.1) is 0 Å². The van der Waals surface area contributed by atoms with Crippen LogP contribution in [0.3, 0.4) is 0 Å². The fraction of sp³-hybridized carbons (Fsp3) is 0.306. The molecule has 2 amide bonds. The maximum absolute atomic E-state index is 12.6. The summed E-state index contributed by atoms with van der Waals surface area (Å²) >= 11 is 0. The molecule has 0 aliphatic rings. The summed E-state index contributed by atoms with van der Waals surface area (Å²) < 4.78 is 36.8. The van der Waals surface area contributed by atoms with Crippen LogP contribution in [-0.4, -0.2) is 93.3 Å². The van der Waals surface area contributed by atoms with Crippen molar-refractivity contribution in [3.63, 3.8) is 0 Å². The van der Waals surface area contributed by atoms with Gasteiger partial charge in [-0.3, -0.25) is 19.2 Å². The van der Waals surface area contributed by atoms with Crippen LogP contribution < -0.4 is 48.4 Å². The Hall–Kier alpha value is -7.06. The van der Waals surface area contributed by atoms with E-state index in [2.05, 4.69) is 25.7 Å². The smallest absolute Gasteiger partial charge is 0.870 e. The summed E-state index contributed by atoms with van der Waals surface area (Å²) in [5.41, 5.74) is 6.15. The molecule has 0 saturated carbocycles. The van der Waals surface area contributed by atoms with Crippen molar-refractivity contribution in [3.05, 3.63) is 109 Å². The number of nitrogens with zero attached hydrogens (tertiary/aromatic N) is 2. The quantitative estimate of drug-likeness (QED) is 0.0471. The topological polar surface area (TPSA) is 241 Å². The van der Waals surface area contributed by atoms with Crippen molar-refractivity contribution in [2.45, 2.75) is 51.4 Å². The molecule has 0 spiro atoms. The number of carbonyl (C=O) groups is 4. The van der Waals surface area contributed by atoms with Gasteiger partial charge in [-0.25, -0.2) is 0 Å². The first-order chi connectivity index (χ1) is 31.6. The van der Waals surface area contributed by atoms with E-state index in [9.17, 15) is 19.2 Å². The number of methoxy groups -OCH3 is 5. The van der Waals surface area contributed by atoms with E-state index < -0.39 is 5.97 Å². The molecule has 4 N–H and O–H groups in total. The van der Waals surface area contributed by atoms with Gasteiger partial charge < -0.3 is 53.9 Å². The first kappa shape index (κ1) is 54.3. The van der Waals surface area contributed by atoms with Gasteiger partial charge in [0.25, 0.3) is 0 Å². The van der Waals surface area contributed by atoms with Crippen LogP contribution in [0.5, 0.6) is 23.0 Å². The van der Waals surface area contributed by atoms with Gasteiger partial charge in [0.15, 0.2) is 11.5 Å². The second-order valence-electron chi connectivity index (χ2n) is 14.5. The Labute approximate surface area is 400 Å². The van der Waals surface area contributed by atoms with E-state index in [4.69, 9.17) is 33.1 Å². The molecule has 18 heteroatoms. The van der Waals surface area contributed by atoms with Crippen LogP contribution in [0.2, 0.25) is 0 Å². The molecule has 0 unspecified atom stereocenters. The number of rotatable bonds is 22. The molecule has 0 radical (unpaired) electrons. The Balaban J connectivity index is 0.000000345. The number of hydrogen-bond donors (Lipinski definition) is 3. The van der Waals surface area contributed by atoms with Crippen LogP contribution in [0.25, 0.3) is 44.8 Å². The number of carboxylic acid groups (broad SMARTS) is 1. The van der Waals surface area contributed by atoms with E-state index >= 15 is 0 Å². The fourth-order valence-electron chi connectivity index (χ4n) is 6.66.